The van der Waals surface area contributed by atoms with Gasteiger partial charge in [0.15, 0.2) is 11.6 Å². The molecule has 2 N–H and O–H groups in total. The number of nitrogens with zero attached hydrogens (tertiary/aromatic N) is 4. The zero-order valence-electron chi connectivity index (χ0n) is 20.6. The Morgan fingerprint density at radius 2 is 1.89 bits per heavy atom. The van der Waals surface area contributed by atoms with Crippen molar-refractivity contribution in [1.82, 2.24) is 19.7 Å². The molecular formula is C26H29Cl2N5O3. The lowest BCUT2D eigenvalue weighted by Crippen LogP contribution is -2.37. The van der Waals surface area contributed by atoms with Crippen LogP contribution < -0.4 is 10.5 Å². The fourth-order valence-electron chi connectivity index (χ4n) is 4.90. The normalized spacial score (nSPS) is 19.1. The molecular weight excluding hydrogens is 501 g/mol. The highest BCUT2D eigenvalue weighted by atomic mass is 35.5. The number of anilines is 1. The van der Waals surface area contributed by atoms with Crippen LogP contribution in [0.4, 0.5) is 10.6 Å². The predicted octanol–water partition coefficient (Wildman–Crippen LogP) is 5.70. The maximum Gasteiger partial charge on any atom is 0.410 e. The van der Waals surface area contributed by atoms with Crippen molar-refractivity contribution >= 4 is 35.1 Å². The van der Waals surface area contributed by atoms with Gasteiger partial charge in [-0.05, 0) is 57.9 Å². The molecule has 8 nitrogen and oxygen atoms in total. The third-order valence-corrected chi connectivity index (χ3v) is 7.45. The van der Waals surface area contributed by atoms with Crippen molar-refractivity contribution in [3.05, 3.63) is 57.8 Å². The summed E-state index contributed by atoms with van der Waals surface area (Å²) in [5, 5.41) is 5.88. The molecule has 36 heavy (non-hydrogen) atoms. The number of nitrogens with two attached hydrogens (primary N) is 1. The van der Waals surface area contributed by atoms with Gasteiger partial charge < -0.3 is 20.1 Å². The summed E-state index contributed by atoms with van der Waals surface area (Å²) >= 11 is 12.5. The molecule has 190 valence electrons. The molecule has 0 saturated carbocycles. The minimum atomic E-state index is -0.517. The molecule has 0 radical (unpaired) electrons. The van der Waals surface area contributed by atoms with Crippen LogP contribution in [0.15, 0.2) is 36.5 Å². The molecule has 4 heterocycles. The van der Waals surface area contributed by atoms with E-state index in [0.717, 1.165) is 36.3 Å². The van der Waals surface area contributed by atoms with Crippen molar-refractivity contribution in [2.24, 2.45) is 0 Å². The van der Waals surface area contributed by atoms with Crippen LogP contribution in [0.3, 0.4) is 0 Å². The van der Waals surface area contributed by atoms with E-state index in [-0.39, 0.29) is 23.9 Å². The molecule has 1 fully saturated rings. The minimum absolute atomic E-state index is 0.121. The SMILES string of the molecule is CC(C)(C)OC(=O)N1CC[C@@]2(CCn3nc(-c4cnc(N)c(OCc5c(Cl)cccc5Cl)c4)cc32)C1. The van der Waals surface area contributed by atoms with Crippen LogP contribution in [0.1, 0.15) is 44.9 Å². The Morgan fingerprint density at radius 1 is 1.17 bits per heavy atom. The topological polar surface area (TPSA) is 95.5 Å². The molecule has 1 saturated heterocycles. The second-order valence-corrected chi connectivity index (χ2v) is 11.2. The van der Waals surface area contributed by atoms with Gasteiger partial charge in [0.2, 0.25) is 0 Å². The van der Waals surface area contributed by atoms with Gasteiger partial charge in [-0.1, -0.05) is 29.3 Å². The van der Waals surface area contributed by atoms with Crippen LogP contribution >= 0.6 is 23.2 Å². The van der Waals surface area contributed by atoms with Crippen LogP contribution in [0.25, 0.3) is 11.3 Å². The number of carbonyl (C=O) groups excluding carboxylic acids is 1. The fraction of sp³-hybridized carbons (Fsp3) is 0.423. The number of hydrogen-bond donors (Lipinski definition) is 1. The second kappa shape index (κ2) is 9.16. The number of ether oxygens (including phenoxy) is 2. The quantitative estimate of drug-likeness (QED) is 0.465. The van der Waals surface area contributed by atoms with Crippen molar-refractivity contribution in [2.75, 3.05) is 18.8 Å². The highest BCUT2D eigenvalue weighted by molar-refractivity contribution is 6.35. The van der Waals surface area contributed by atoms with E-state index in [1.54, 1.807) is 24.4 Å². The van der Waals surface area contributed by atoms with Crippen molar-refractivity contribution in [1.29, 1.82) is 0 Å². The average molecular weight is 530 g/mol. The lowest BCUT2D eigenvalue weighted by atomic mass is 9.82. The summed E-state index contributed by atoms with van der Waals surface area (Å²) in [4.78, 5) is 18.8. The maximum atomic E-state index is 12.6. The molecule has 0 aliphatic carbocycles. The van der Waals surface area contributed by atoms with E-state index in [1.165, 1.54) is 0 Å². The predicted molar refractivity (Wildman–Crippen MR) is 139 cm³/mol. The van der Waals surface area contributed by atoms with Crippen LogP contribution in [-0.4, -0.2) is 44.4 Å². The summed E-state index contributed by atoms with van der Waals surface area (Å²) in [6.07, 6.45) is 3.25. The third kappa shape index (κ3) is 4.72. The highest BCUT2D eigenvalue weighted by Crippen LogP contribution is 2.44. The first-order chi connectivity index (χ1) is 17.0. The maximum absolute atomic E-state index is 12.6. The van der Waals surface area contributed by atoms with E-state index in [2.05, 4.69) is 11.1 Å². The number of fused-ring (bicyclic) bond motifs is 2. The number of pyridine rings is 1. The van der Waals surface area contributed by atoms with Gasteiger partial charge in [-0.2, -0.15) is 5.10 Å². The number of hydrogen-bond acceptors (Lipinski definition) is 6. The number of rotatable bonds is 4. The lowest BCUT2D eigenvalue weighted by molar-refractivity contribution is 0.0284. The van der Waals surface area contributed by atoms with Crippen LogP contribution in [-0.2, 0) is 23.3 Å². The first-order valence-corrected chi connectivity index (χ1v) is 12.7. The van der Waals surface area contributed by atoms with Crippen molar-refractivity contribution in [2.45, 2.75) is 57.8 Å². The van der Waals surface area contributed by atoms with Crippen LogP contribution in [0.5, 0.6) is 5.75 Å². The van der Waals surface area contributed by atoms with Gasteiger partial charge in [0, 0.05) is 58.1 Å². The van der Waals surface area contributed by atoms with Crippen LogP contribution in [0, 0.1) is 0 Å². The second-order valence-electron chi connectivity index (χ2n) is 10.4. The zero-order chi connectivity index (χ0) is 25.7. The Labute approximate surface area is 220 Å². The van der Waals surface area contributed by atoms with Gasteiger partial charge in [0.1, 0.15) is 12.2 Å². The third-order valence-electron chi connectivity index (χ3n) is 6.74. The van der Waals surface area contributed by atoms with Gasteiger partial charge in [-0.3, -0.25) is 4.68 Å². The van der Waals surface area contributed by atoms with Gasteiger partial charge in [0.05, 0.1) is 5.69 Å². The summed E-state index contributed by atoms with van der Waals surface area (Å²) in [5.74, 6) is 0.706. The summed E-state index contributed by atoms with van der Waals surface area (Å²) < 4.78 is 13.6. The number of aromatic nitrogens is 3. The Morgan fingerprint density at radius 3 is 2.61 bits per heavy atom. The largest absolute Gasteiger partial charge is 0.485 e. The number of halogens is 2. The number of carbonyl (C=O) groups is 1. The number of aryl methyl sites for hydroxylation is 1. The zero-order valence-corrected chi connectivity index (χ0v) is 22.1. The molecule has 3 aromatic rings. The van der Waals surface area contributed by atoms with Gasteiger partial charge in [0.25, 0.3) is 0 Å². The molecule has 0 unspecified atom stereocenters. The number of nitrogen functional groups attached to an aromatic ring is 1. The molecule has 10 heteroatoms. The molecule has 0 bridgehead atoms. The Bertz CT molecular complexity index is 1300. The summed E-state index contributed by atoms with van der Waals surface area (Å²) in [5.41, 5.74) is 8.84. The van der Waals surface area contributed by atoms with E-state index >= 15 is 0 Å². The van der Waals surface area contributed by atoms with E-state index in [1.807, 2.05) is 36.4 Å². The minimum Gasteiger partial charge on any atom is -0.485 e. The summed E-state index contributed by atoms with van der Waals surface area (Å²) in [6.45, 7) is 7.91. The van der Waals surface area contributed by atoms with Gasteiger partial charge in [-0.25, -0.2) is 9.78 Å². The van der Waals surface area contributed by atoms with Crippen molar-refractivity contribution in [3.8, 4) is 17.0 Å². The summed E-state index contributed by atoms with van der Waals surface area (Å²) in [7, 11) is 0. The van der Waals surface area contributed by atoms with E-state index < -0.39 is 5.60 Å². The van der Waals surface area contributed by atoms with E-state index in [4.69, 9.17) is 43.5 Å². The Balaban J connectivity index is 1.35. The van der Waals surface area contributed by atoms with Crippen molar-refractivity contribution in [3.63, 3.8) is 0 Å². The van der Waals surface area contributed by atoms with E-state index in [9.17, 15) is 4.79 Å². The first-order valence-electron chi connectivity index (χ1n) is 11.9. The summed E-state index contributed by atoms with van der Waals surface area (Å²) in [6, 6.07) is 9.23. The number of likely N-dealkylation sites (tertiary alicyclic amines) is 1. The molecule has 2 aromatic heterocycles. The Hall–Kier alpha value is -2.97. The Kier molecular flexibility index (Phi) is 6.29. The lowest BCUT2D eigenvalue weighted by Gasteiger charge is -2.26. The standard InChI is InChI=1S/C26H29Cl2N5O3/c1-25(2,3)36-24(34)32-9-7-26(15-32)8-10-33-22(26)12-20(31-33)16-11-21(23(29)30-13-16)35-14-17-18(27)5-4-6-19(17)28/h4-6,11-13H,7-10,14-15H2,1-3H3,(H2,29,30)/t26-/m1/s1. The molecule has 1 spiro atoms. The average Bonchev–Trinajstić information content (AvgIpc) is 3.50. The van der Waals surface area contributed by atoms with E-state index in [0.29, 0.717) is 34.4 Å². The van der Waals surface area contributed by atoms with Crippen LogP contribution in [0.2, 0.25) is 10.0 Å². The van der Waals surface area contributed by atoms with Gasteiger partial charge >= 0.3 is 6.09 Å². The van der Waals surface area contributed by atoms with Crippen molar-refractivity contribution < 1.29 is 14.3 Å². The molecule has 2 aliphatic rings. The molecule has 1 aromatic carbocycles. The highest BCUT2D eigenvalue weighted by Gasteiger charge is 2.47. The molecule has 5 rings (SSSR count). The molecule has 2 aliphatic heterocycles. The number of amides is 1. The van der Waals surface area contributed by atoms with Gasteiger partial charge in [-0.15, -0.1) is 0 Å². The monoisotopic (exact) mass is 529 g/mol. The smallest absolute Gasteiger partial charge is 0.410 e. The molecule has 1 amide bonds. The molecule has 1 atom stereocenters. The fourth-order valence-corrected chi connectivity index (χ4v) is 5.41. The first kappa shape index (κ1) is 24.7. The number of benzene rings is 1.